The van der Waals surface area contributed by atoms with Gasteiger partial charge in [0.05, 0.1) is 5.02 Å². The van der Waals surface area contributed by atoms with Crippen LogP contribution in [-0.4, -0.2) is 11.0 Å². The molecule has 0 radical (unpaired) electrons. The average Bonchev–Trinajstić information content (AvgIpc) is 2.08. The number of rotatable bonds is 4. The van der Waals surface area contributed by atoms with Gasteiger partial charge in [-0.15, -0.1) is 11.8 Å². The van der Waals surface area contributed by atoms with E-state index in [4.69, 9.17) is 11.6 Å². The van der Waals surface area contributed by atoms with Crippen LogP contribution in [0.4, 0.5) is 0 Å². The standard InChI is InChI=1S/C12H15ClOS/c1-8(2)15-12-5-4-10(6-9(3)14)7-11(12)13/h4-5,7-8H,6H2,1-3H3. The summed E-state index contributed by atoms with van der Waals surface area (Å²) < 4.78 is 0. The Hall–Kier alpha value is -0.470. The lowest BCUT2D eigenvalue weighted by atomic mass is 10.1. The van der Waals surface area contributed by atoms with Gasteiger partial charge in [-0.1, -0.05) is 31.5 Å². The van der Waals surface area contributed by atoms with E-state index < -0.39 is 0 Å². The molecule has 0 saturated carbocycles. The van der Waals surface area contributed by atoms with Crippen LogP contribution in [0, 0.1) is 0 Å². The lowest BCUT2D eigenvalue weighted by Crippen LogP contribution is -1.96. The molecule has 1 nitrogen and oxygen atoms in total. The van der Waals surface area contributed by atoms with Crippen LogP contribution in [-0.2, 0) is 11.2 Å². The van der Waals surface area contributed by atoms with E-state index in [0.717, 1.165) is 15.5 Å². The number of halogens is 1. The third-order valence-corrected chi connectivity index (χ3v) is 3.32. The van der Waals surface area contributed by atoms with E-state index in [2.05, 4.69) is 13.8 Å². The number of Topliss-reactive ketones (excluding diaryl/α,β-unsaturated/α-hetero) is 1. The van der Waals surface area contributed by atoms with Crippen LogP contribution in [0.1, 0.15) is 26.3 Å². The van der Waals surface area contributed by atoms with Crippen molar-refractivity contribution in [3.63, 3.8) is 0 Å². The minimum Gasteiger partial charge on any atom is -0.300 e. The number of benzene rings is 1. The molecule has 0 bridgehead atoms. The van der Waals surface area contributed by atoms with Crippen molar-refractivity contribution in [3.05, 3.63) is 28.8 Å². The fourth-order valence-corrected chi connectivity index (χ4v) is 2.45. The summed E-state index contributed by atoms with van der Waals surface area (Å²) in [7, 11) is 0. The third kappa shape index (κ3) is 4.27. The van der Waals surface area contributed by atoms with Crippen LogP contribution in [0.25, 0.3) is 0 Å². The summed E-state index contributed by atoms with van der Waals surface area (Å²) in [6.07, 6.45) is 0.465. The fraction of sp³-hybridized carbons (Fsp3) is 0.417. The van der Waals surface area contributed by atoms with Crippen LogP contribution in [0.3, 0.4) is 0 Å². The quantitative estimate of drug-likeness (QED) is 0.744. The van der Waals surface area contributed by atoms with Crippen molar-refractivity contribution in [3.8, 4) is 0 Å². The molecule has 0 aliphatic rings. The van der Waals surface area contributed by atoms with Crippen molar-refractivity contribution < 1.29 is 4.79 Å². The second-order valence-electron chi connectivity index (χ2n) is 3.81. The van der Waals surface area contributed by atoms with E-state index in [9.17, 15) is 4.79 Å². The first-order valence-electron chi connectivity index (χ1n) is 4.93. The molecule has 0 amide bonds. The van der Waals surface area contributed by atoms with Crippen molar-refractivity contribution in [2.45, 2.75) is 37.3 Å². The molecule has 1 aromatic carbocycles. The minimum atomic E-state index is 0.162. The van der Waals surface area contributed by atoms with Crippen molar-refractivity contribution >= 4 is 29.1 Å². The van der Waals surface area contributed by atoms with Crippen LogP contribution < -0.4 is 0 Å². The summed E-state index contributed by atoms with van der Waals surface area (Å²) in [6.45, 7) is 5.85. The molecule has 0 spiro atoms. The molecule has 0 atom stereocenters. The number of hydrogen-bond acceptors (Lipinski definition) is 2. The van der Waals surface area contributed by atoms with E-state index in [-0.39, 0.29) is 5.78 Å². The van der Waals surface area contributed by atoms with Gasteiger partial charge in [-0.2, -0.15) is 0 Å². The van der Waals surface area contributed by atoms with Crippen LogP contribution in [0.2, 0.25) is 5.02 Å². The van der Waals surface area contributed by atoms with Gasteiger partial charge in [-0.25, -0.2) is 0 Å². The second-order valence-corrected chi connectivity index (χ2v) is 5.84. The molecular weight excluding hydrogens is 228 g/mol. The van der Waals surface area contributed by atoms with Gasteiger partial charge in [0.1, 0.15) is 5.78 Å². The van der Waals surface area contributed by atoms with Crippen molar-refractivity contribution in [1.82, 2.24) is 0 Å². The van der Waals surface area contributed by atoms with Gasteiger partial charge in [0, 0.05) is 16.6 Å². The van der Waals surface area contributed by atoms with Crippen LogP contribution >= 0.6 is 23.4 Å². The minimum absolute atomic E-state index is 0.162. The third-order valence-electron chi connectivity index (χ3n) is 1.81. The Labute approximate surface area is 100 Å². The Morgan fingerprint density at radius 1 is 1.47 bits per heavy atom. The van der Waals surface area contributed by atoms with Gasteiger partial charge in [0.25, 0.3) is 0 Å². The normalized spacial score (nSPS) is 10.7. The number of thioether (sulfide) groups is 1. The molecule has 0 aromatic heterocycles. The van der Waals surface area contributed by atoms with Crippen LogP contribution in [0.15, 0.2) is 23.1 Å². The molecule has 0 heterocycles. The van der Waals surface area contributed by atoms with E-state index in [1.54, 1.807) is 18.7 Å². The second kappa shape index (κ2) is 5.57. The first-order chi connectivity index (χ1) is 6.99. The molecule has 3 heteroatoms. The highest BCUT2D eigenvalue weighted by Crippen LogP contribution is 2.30. The fourth-order valence-electron chi connectivity index (χ4n) is 1.29. The molecule has 0 aliphatic carbocycles. The van der Waals surface area contributed by atoms with E-state index in [1.165, 1.54) is 0 Å². The summed E-state index contributed by atoms with van der Waals surface area (Å²) in [4.78, 5) is 12.0. The van der Waals surface area contributed by atoms with Crippen molar-refractivity contribution in [2.24, 2.45) is 0 Å². The highest BCUT2D eigenvalue weighted by molar-refractivity contribution is 8.00. The predicted molar refractivity (Wildman–Crippen MR) is 66.8 cm³/mol. The molecule has 0 unspecified atom stereocenters. The Morgan fingerprint density at radius 2 is 2.13 bits per heavy atom. The van der Waals surface area contributed by atoms with Gasteiger partial charge in [0.15, 0.2) is 0 Å². The molecule has 1 aromatic rings. The first kappa shape index (κ1) is 12.6. The zero-order chi connectivity index (χ0) is 11.4. The highest BCUT2D eigenvalue weighted by Gasteiger charge is 2.05. The summed E-state index contributed by atoms with van der Waals surface area (Å²) in [5.74, 6) is 0.162. The molecule has 0 saturated heterocycles. The molecule has 15 heavy (non-hydrogen) atoms. The number of carbonyl (C=O) groups is 1. The van der Waals surface area contributed by atoms with Gasteiger partial charge < -0.3 is 0 Å². The van der Waals surface area contributed by atoms with Gasteiger partial charge in [-0.05, 0) is 24.6 Å². The molecular formula is C12H15ClOS. The summed E-state index contributed by atoms with van der Waals surface area (Å²) in [5.41, 5.74) is 0.987. The Morgan fingerprint density at radius 3 is 2.60 bits per heavy atom. The predicted octanol–water partition coefficient (Wildman–Crippen LogP) is 3.97. The Bertz CT molecular complexity index is 361. The van der Waals surface area contributed by atoms with E-state index in [1.807, 2.05) is 18.2 Å². The number of carbonyl (C=O) groups excluding carboxylic acids is 1. The first-order valence-corrected chi connectivity index (χ1v) is 6.19. The summed E-state index contributed by atoms with van der Waals surface area (Å²) >= 11 is 7.86. The number of hydrogen-bond donors (Lipinski definition) is 0. The van der Waals surface area contributed by atoms with Gasteiger partial charge in [0.2, 0.25) is 0 Å². The Kier molecular flexibility index (Phi) is 4.68. The van der Waals surface area contributed by atoms with Gasteiger partial charge in [-0.3, -0.25) is 4.79 Å². The van der Waals surface area contributed by atoms with E-state index in [0.29, 0.717) is 11.7 Å². The molecule has 0 N–H and O–H groups in total. The Balaban J connectivity index is 2.83. The van der Waals surface area contributed by atoms with Crippen molar-refractivity contribution in [2.75, 3.05) is 0 Å². The monoisotopic (exact) mass is 242 g/mol. The molecule has 0 aliphatic heterocycles. The maximum absolute atomic E-state index is 10.9. The largest absolute Gasteiger partial charge is 0.300 e. The lowest BCUT2D eigenvalue weighted by Gasteiger charge is -2.08. The van der Waals surface area contributed by atoms with Gasteiger partial charge >= 0.3 is 0 Å². The zero-order valence-electron chi connectivity index (χ0n) is 9.21. The average molecular weight is 243 g/mol. The molecule has 82 valence electrons. The SMILES string of the molecule is CC(=O)Cc1ccc(SC(C)C)c(Cl)c1. The zero-order valence-corrected chi connectivity index (χ0v) is 10.8. The summed E-state index contributed by atoms with van der Waals surface area (Å²) in [5, 5.41) is 1.26. The topological polar surface area (TPSA) is 17.1 Å². The number of ketones is 1. The summed E-state index contributed by atoms with van der Waals surface area (Å²) in [6, 6.07) is 5.84. The molecule has 0 fully saturated rings. The molecule has 1 rings (SSSR count). The van der Waals surface area contributed by atoms with Crippen LogP contribution in [0.5, 0.6) is 0 Å². The maximum atomic E-state index is 10.9. The maximum Gasteiger partial charge on any atom is 0.134 e. The van der Waals surface area contributed by atoms with E-state index >= 15 is 0 Å². The smallest absolute Gasteiger partial charge is 0.134 e. The lowest BCUT2D eigenvalue weighted by molar-refractivity contribution is -0.116. The highest BCUT2D eigenvalue weighted by atomic mass is 35.5. The van der Waals surface area contributed by atoms with Crippen molar-refractivity contribution in [1.29, 1.82) is 0 Å².